The fraction of sp³-hybridized carbons (Fsp3) is 0.250. The van der Waals surface area contributed by atoms with Gasteiger partial charge in [0.1, 0.15) is 5.82 Å². The second kappa shape index (κ2) is 3.42. The van der Waals surface area contributed by atoms with Crippen molar-refractivity contribution >= 4 is 5.82 Å². The van der Waals surface area contributed by atoms with Gasteiger partial charge in [0.25, 0.3) is 0 Å². The molecular formula is C12H15N3. The van der Waals surface area contributed by atoms with E-state index in [2.05, 4.69) is 43.1 Å². The predicted molar refractivity (Wildman–Crippen MR) is 62.6 cm³/mol. The molecular weight excluding hydrogens is 186 g/mol. The number of rotatable bonds is 1. The van der Waals surface area contributed by atoms with E-state index < -0.39 is 0 Å². The Balaban J connectivity index is 2.68. The van der Waals surface area contributed by atoms with Crippen molar-refractivity contribution in [3.63, 3.8) is 0 Å². The van der Waals surface area contributed by atoms with Crippen LogP contribution >= 0.6 is 0 Å². The van der Waals surface area contributed by atoms with Crippen LogP contribution in [0.4, 0.5) is 5.82 Å². The van der Waals surface area contributed by atoms with Gasteiger partial charge in [0.15, 0.2) is 0 Å². The minimum Gasteiger partial charge on any atom is -0.384 e. The van der Waals surface area contributed by atoms with Crippen LogP contribution in [0.1, 0.15) is 16.7 Å². The van der Waals surface area contributed by atoms with E-state index in [1.54, 1.807) is 6.20 Å². The highest BCUT2D eigenvalue weighted by molar-refractivity contribution is 5.78. The lowest BCUT2D eigenvalue weighted by atomic mass is 9.95. The van der Waals surface area contributed by atoms with E-state index >= 15 is 0 Å². The monoisotopic (exact) mass is 201 g/mol. The summed E-state index contributed by atoms with van der Waals surface area (Å²) in [6.07, 6.45) is 1.78. The molecule has 3 N–H and O–H groups in total. The first-order valence-corrected chi connectivity index (χ1v) is 4.96. The van der Waals surface area contributed by atoms with Gasteiger partial charge in [0, 0.05) is 5.56 Å². The number of aromatic nitrogens is 2. The Morgan fingerprint density at radius 2 is 1.73 bits per heavy atom. The summed E-state index contributed by atoms with van der Waals surface area (Å²) in [5, 5.41) is 6.72. The minimum absolute atomic E-state index is 0.630. The molecule has 0 unspecified atom stereocenters. The van der Waals surface area contributed by atoms with Gasteiger partial charge in [-0.3, -0.25) is 5.10 Å². The Labute approximate surface area is 89.3 Å². The molecule has 1 aromatic heterocycles. The smallest absolute Gasteiger partial charge is 0.126 e. The van der Waals surface area contributed by atoms with E-state index in [0.29, 0.717) is 5.82 Å². The van der Waals surface area contributed by atoms with Crippen LogP contribution in [-0.2, 0) is 0 Å². The molecule has 0 saturated carbocycles. The molecule has 2 rings (SSSR count). The number of hydrogen-bond acceptors (Lipinski definition) is 2. The van der Waals surface area contributed by atoms with Gasteiger partial charge in [0.05, 0.1) is 6.20 Å². The fourth-order valence-electron chi connectivity index (χ4n) is 2.10. The average Bonchev–Trinajstić information content (AvgIpc) is 2.50. The first kappa shape index (κ1) is 9.77. The third-order valence-corrected chi connectivity index (χ3v) is 2.62. The van der Waals surface area contributed by atoms with E-state index in [1.807, 2.05) is 0 Å². The Morgan fingerprint density at radius 1 is 1.13 bits per heavy atom. The lowest BCUT2D eigenvalue weighted by Crippen LogP contribution is -1.93. The van der Waals surface area contributed by atoms with Crippen molar-refractivity contribution in [1.29, 1.82) is 0 Å². The molecule has 15 heavy (non-hydrogen) atoms. The van der Waals surface area contributed by atoms with Crippen LogP contribution in [0.3, 0.4) is 0 Å². The van der Waals surface area contributed by atoms with Crippen molar-refractivity contribution < 1.29 is 0 Å². The molecule has 1 heterocycles. The first-order chi connectivity index (χ1) is 7.09. The van der Waals surface area contributed by atoms with Gasteiger partial charge in [-0.05, 0) is 37.5 Å². The molecule has 0 amide bonds. The number of H-pyrrole nitrogens is 1. The number of hydrogen-bond donors (Lipinski definition) is 2. The Hall–Kier alpha value is -1.77. The van der Waals surface area contributed by atoms with Crippen molar-refractivity contribution in [1.82, 2.24) is 10.2 Å². The van der Waals surface area contributed by atoms with E-state index in [-0.39, 0.29) is 0 Å². The molecule has 0 atom stereocenters. The van der Waals surface area contributed by atoms with E-state index in [1.165, 1.54) is 22.3 Å². The van der Waals surface area contributed by atoms with Crippen LogP contribution in [0.25, 0.3) is 11.1 Å². The van der Waals surface area contributed by atoms with Gasteiger partial charge in [-0.25, -0.2) is 0 Å². The van der Waals surface area contributed by atoms with Crippen molar-refractivity contribution in [2.24, 2.45) is 0 Å². The Kier molecular flexibility index (Phi) is 2.23. The quantitative estimate of drug-likeness (QED) is 0.745. The second-order valence-corrected chi connectivity index (χ2v) is 3.97. The van der Waals surface area contributed by atoms with Gasteiger partial charge in [-0.15, -0.1) is 0 Å². The fourth-order valence-corrected chi connectivity index (χ4v) is 2.10. The summed E-state index contributed by atoms with van der Waals surface area (Å²) in [6.45, 7) is 6.30. The number of nitrogen functional groups attached to an aromatic ring is 1. The van der Waals surface area contributed by atoms with Crippen molar-refractivity contribution in [3.8, 4) is 11.1 Å². The van der Waals surface area contributed by atoms with E-state index in [9.17, 15) is 0 Å². The third-order valence-electron chi connectivity index (χ3n) is 2.62. The molecule has 0 radical (unpaired) electrons. The molecule has 1 aromatic carbocycles. The lowest BCUT2D eigenvalue weighted by Gasteiger charge is -2.10. The summed E-state index contributed by atoms with van der Waals surface area (Å²) >= 11 is 0. The van der Waals surface area contributed by atoms with Crippen LogP contribution in [0, 0.1) is 20.8 Å². The maximum absolute atomic E-state index is 5.83. The van der Waals surface area contributed by atoms with Crippen LogP contribution < -0.4 is 5.73 Å². The Bertz CT molecular complexity index is 474. The summed E-state index contributed by atoms with van der Waals surface area (Å²) in [4.78, 5) is 0. The van der Waals surface area contributed by atoms with Crippen molar-refractivity contribution in [2.75, 3.05) is 5.73 Å². The number of aromatic amines is 1. The summed E-state index contributed by atoms with van der Waals surface area (Å²) in [7, 11) is 0. The zero-order valence-electron chi connectivity index (χ0n) is 9.26. The summed E-state index contributed by atoms with van der Waals surface area (Å²) in [5.74, 6) is 0.630. The van der Waals surface area contributed by atoms with Crippen molar-refractivity contribution in [3.05, 3.63) is 35.0 Å². The zero-order chi connectivity index (χ0) is 11.0. The molecule has 3 nitrogen and oxygen atoms in total. The molecule has 0 saturated heterocycles. The second-order valence-electron chi connectivity index (χ2n) is 3.97. The largest absolute Gasteiger partial charge is 0.384 e. The van der Waals surface area contributed by atoms with Crippen molar-refractivity contribution in [2.45, 2.75) is 20.8 Å². The number of nitrogens with one attached hydrogen (secondary N) is 1. The van der Waals surface area contributed by atoms with Gasteiger partial charge in [-0.2, -0.15) is 5.10 Å². The van der Waals surface area contributed by atoms with E-state index in [0.717, 1.165) is 5.56 Å². The summed E-state index contributed by atoms with van der Waals surface area (Å²) in [5.41, 5.74) is 11.8. The van der Waals surface area contributed by atoms with Gasteiger partial charge >= 0.3 is 0 Å². The maximum Gasteiger partial charge on any atom is 0.126 e. The SMILES string of the molecule is Cc1cc(C)c(-c2cn[nH]c2N)c(C)c1. The van der Waals surface area contributed by atoms with E-state index in [4.69, 9.17) is 5.73 Å². The molecule has 0 aliphatic heterocycles. The normalized spacial score (nSPS) is 10.6. The molecule has 0 spiro atoms. The highest BCUT2D eigenvalue weighted by Crippen LogP contribution is 2.30. The molecule has 3 heteroatoms. The first-order valence-electron chi connectivity index (χ1n) is 4.96. The average molecular weight is 201 g/mol. The topological polar surface area (TPSA) is 54.7 Å². The lowest BCUT2D eigenvalue weighted by molar-refractivity contribution is 1.10. The number of aryl methyl sites for hydroxylation is 3. The van der Waals surface area contributed by atoms with Crippen LogP contribution in [-0.4, -0.2) is 10.2 Å². The predicted octanol–water partition coefficient (Wildman–Crippen LogP) is 2.58. The Morgan fingerprint density at radius 3 is 2.20 bits per heavy atom. The number of benzene rings is 1. The molecule has 0 bridgehead atoms. The van der Waals surface area contributed by atoms with Crippen LogP contribution in [0.2, 0.25) is 0 Å². The molecule has 78 valence electrons. The molecule has 0 fully saturated rings. The number of anilines is 1. The van der Waals surface area contributed by atoms with Crippen LogP contribution in [0.15, 0.2) is 18.3 Å². The standard InChI is InChI=1S/C12H15N3/c1-7-4-8(2)11(9(3)5-7)10-6-14-15-12(10)13/h4-6H,1-3H3,(H3,13,14,15). The third kappa shape index (κ3) is 1.61. The number of nitrogens with zero attached hydrogens (tertiary/aromatic N) is 1. The van der Waals surface area contributed by atoms with Gasteiger partial charge in [0.2, 0.25) is 0 Å². The maximum atomic E-state index is 5.83. The highest BCUT2D eigenvalue weighted by Gasteiger charge is 2.10. The highest BCUT2D eigenvalue weighted by atomic mass is 15.1. The molecule has 2 aromatic rings. The van der Waals surface area contributed by atoms with Gasteiger partial charge in [-0.1, -0.05) is 17.7 Å². The molecule has 0 aliphatic carbocycles. The minimum atomic E-state index is 0.630. The summed E-state index contributed by atoms with van der Waals surface area (Å²) < 4.78 is 0. The van der Waals surface area contributed by atoms with Gasteiger partial charge < -0.3 is 5.73 Å². The zero-order valence-corrected chi connectivity index (χ0v) is 9.26. The summed E-state index contributed by atoms with van der Waals surface area (Å²) in [6, 6.07) is 4.32. The van der Waals surface area contributed by atoms with Crippen LogP contribution in [0.5, 0.6) is 0 Å². The molecule has 0 aliphatic rings. The number of nitrogens with two attached hydrogens (primary N) is 1.